The van der Waals surface area contributed by atoms with Crippen LogP contribution in [0, 0.1) is 0 Å². The van der Waals surface area contributed by atoms with E-state index >= 15 is 0 Å². The summed E-state index contributed by atoms with van der Waals surface area (Å²) in [5.74, 6) is -1.43. The molecule has 0 aliphatic rings. The Morgan fingerprint density at radius 2 is 1.70 bits per heavy atom. The van der Waals surface area contributed by atoms with Crippen LogP contribution in [0.4, 0.5) is 0 Å². The van der Waals surface area contributed by atoms with Crippen molar-refractivity contribution in [1.29, 1.82) is 0 Å². The van der Waals surface area contributed by atoms with E-state index in [-0.39, 0.29) is 13.1 Å². The Bertz CT molecular complexity index is 925. The third-order valence-corrected chi connectivity index (χ3v) is 6.22. The fraction of sp³-hybridized carbons (Fsp3) is 0.158. The standard InChI is InChI=1S/C19H17ClN2O3S2/c20-14-5-2-1-4-12(14)10-21-18(24)19(25)22-11-13-7-8-16(27-13)17(23)15-6-3-9-26-15/h1-9,17,23H,10-11H2,(H,21,24)(H,22,25). The molecular formula is C19H17ClN2O3S2. The molecule has 0 bridgehead atoms. The van der Waals surface area contributed by atoms with Crippen molar-refractivity contribution in [2.24, 2.45) is 0 Å². The van der Waals surface area contributed by atoms with Gasteiger partial charge in [-0.25, -0.2) is 0 Å². The number of nitrogens with one attached hydrogen (secondary N) is 2. The maximum Gasteiger partial charge on any atom is 0.309 e. The van der Waals surface area contributed by atoms with E-state index in [1.807, 2.05) is 35.7 Å². The molecule has 1 atom stereocenters. The summed E-state index contributed by atoms with van der Waals surface area (Å²) in [5.41, 5.74) is 0.741. The smallest absolute Gasteiger partial charge is 0.309 e. The second-order valence-electron chi connectivity index (χ2n) is 5.68. The normalized spacial score (nSPS) is 11.8. The zero-order chi connectivity index (χ0) is 19.2. The van der Waals surface area contributed by atoms with E-state index in [0.29, 0.717) is 5.02 Å². The number of carbonyl (C=O) groups excluding carboxylic acids is 2. The number of aliphatic hydroxyl groups excluding tert-OH is 1. The first-order valence-electron chi connectivity index (χ1n) is 8.14. The van der Waals surface area contributed by atoms with Crippen LogP contribution in [0.1, 0.15) is 26.3 Å². The Morgan fingerprint density at radius 1 is 0.963 bits per heavy atom. The lowest BCUT2D eigenvalue weighted by atomic mass is 10.2. The lowest BCUT2D eigenvalue weighted by Gasteiger charge is -2.07. The van der Waals surface area contributed by atoms with Crippen LogP contribution in [0.5, 0.6) is 0 Å². The van der Waals surface area contributed by atoms with E-state index in [2.05, 4.69) is 10.6 Å². The average molecular weight is 421 g/mol. The highest BCUT2D eigenvalue weighted by Gasteiger charge is 2.16. The highest BCUT2D eigenvalue weighted by molar-refractivity contribution is 7.12. The number of thiophene rings is 2. The van der Waals surface area contributed by atoms with Crippen LogP contribution in [-0.4, -0.2) is 16.9 Å². The van der Waals surface area contributed by atoms with Crippen molar-refractivity contribution in [2.75, 3.05) is 0 Å². The SMILES string of the molecule is O=C(NCc1ccc(C(O)c2cccs2)s1)C(=O)NCc1ccccc1Cl. The van der Waals surface area contributed by atoms with Crippen LogP contribution < -0.4 is 10.6 Å². The highest BCUT2D eigenvalue weighted by atomic mass is 35.5. The Kier molecular flexibility index (Phi) is 6.63. The molecule has 3 rings (SSSR count). The second-order valence-corrected chi connectivity index (χ2v) is 8.27. The molecule has 3 N–H and O–H groups in total. The maximum atomic E-state index is 12.0. The molecular weight excluding hydrogens is 404 g/mol. The summed E-state index contributed by atoms with van der Waals surface area (Å²) in [6, 6.07) is 14.5. The number of amides is 2. The lowest BCUT2D eigenvalue weighted by molar-refractivity contribution is -0.139. The molecule has 0 aliphatic heterocycles. The number of hydrogen-bond donors (Lipinski definition) is 3. The van der Waals surface area contributed by atoms with Crippen LogP contribution in [0.2, 0.25) is 5.02 Å². The fourth-order valence-corrected chi connectivity index (χ4v) is 4.33. The first-order valence-corrected chi connectivity index (χ1v) is 10.2. The third-order valence-electron chi connectivity index (χ3n) is 3.79. The molecule has 1 aromatic carbocycles. The van der Waals surface area contributed by atoms with Crippen LogP contribution in [0.25, 0.3) is 0 Å². The molecule has 0 fully saturated rings. The average Bonchev–Trinajstić information content (AvgIpc) is 3.36. The van der Waals surface area contributed by atoms with Gasteiger partial charge in [0.1, 0.15) is 6.10 Å². The number of benzene rings is 1. The molecule has 2 amide bonds. The van der Waals surface area contributed by atoms with Crippen molar-refractivity contribution < 1.29 is 14.7 Å². The first-order chi connectivity index (χ1) is 13.0. The largest absolute Gasteiger partial charge is 0.382 e. The summed E-state index contributed by atoms with van der Waals surface area (Å²) < 4.78 is 0. The van der Waals surface area contributed by atoms with Crippen molar-refractivity contribution in [1.82, 2.24) is 10.6 Å². The molecule has 5 nitrogen and oxygen atoms in total. The number of aliphatic hydroxyl groups is 1. The number of halogens is 1. The van der Waals surface area contributed by atoms with Crippen LogP contribution in [-0.2, 0) is 22.7 Å². The fourth-order valence-electron chi connectivity index (χ4n) is 2.37. The minimum atomic E-state index is -0.717. The molecule has 0 radical (unpaired) electrons. The number of hydrogen-bond acceptors (Lipinski definition) is 5. The molecule has 8 heteroatoms. The van der Waals surface area contributed by atoms with Gasteiger partial charge in [0.15, 0.2) is 0 Å². The summed E-state index contributed by atoms with van der Waals surface area (Å²) in [5, 5.41) is 17.9. The first kappa shape index (κ1) is 19.6. The summed E-state index contributed by atoms with van der Waals surface area (Å²) in [6.45, 7) is 0.405. The van der Waals surface area contributed by atoms with Gasteiger partial charge in [0, 0.05) is 26.2 Å². The Hall–Kier alpha value is -2.19. The molecule has 0 saturated carbocycles. The summed E-state index contributed by atoms with van der Waals surface area (Å²) in [6.07, 6.45) is -0.668. The maximum absolute atomic E-state index is 12.0. The highest BCUT2D eigenvalue weighted by Crippen LogP contribution is 2.30. The van der Waals surface area contributed by atoms with E-state index in [0.717, 1.165) is 20.2 Å². The monoisotopic (exact) mass is 420 g/mol. The zero-order valence-electron chi connectivity index (χ0n) is 14.1. The van der Waals surface area contributed by atoms with Gasteiger partial charge in [-0.3, -0.25) is 9.59 Å². The molecule has 0 saturated heterocycles. The molecule has 27 heavy (non-hydrogen) atoms. The summed E-state index contributed by atoms with van der Waals surface area (Å²) in [4.78, 5) is 26.4. The number of rotatable bonds is 6. The molecule has 140 valence electrons. The second kappa shape index (κ2) is 9.14. The van der Waals surface area contributed by atoms with E-state index in [4.69, 9.17) is 11.6 Å². The Balaban J connectivity index is 1.49. The van der Waals surface area contributed by atoms with Crippen molar-refractivity contribution in [3.63, 3.8) is 0 Å². The summed E-state index contributed by atoms with van der Waals surface area (Å²) >= 11 is 8.91. The van der Waals surface area contributed by atoms with Crippen LogP contribution in [0.3, 0.4) is 0 Å². The molecule has 3 aromatic rings. The van der Waals surface area contributed by atoms with Gasteiger partial charge < -0.3 is 15.7 Å². The van der Waals surface area contributed by atoms with Gasteiger partial charge in [-0.15, -0.1) is 22.7 Å². The quantitative estimate of drug-likeness (QED) is 0.534. The van der Waals surface area contributed by atoms with Crippen molar-refractivity contribution in [2.45, 2.75) is 19.2 Å². The topological polar surface area (TPSA) is 78.4 Å². The predicted molar refractivity (Wildman–Crippen MR) is 108 cm³/mol. The van der Waals surface area contributed by atoms with Gasteiger partial charge in [-0.2, -0.15) is 0 Å². The van der Waals surface area contributed by atoms with Gasteiger partial charge in [-0.1, -0.05) is 35.9 Å². The van der Waals surface area contributed by atoms with Gasteiger partial charge in [0.2, 0.25) is 0 Å². The minimum absolute atomic E-state index is 0.183. The van der Waals surface area contributed by atoms with Gasteiger partial charge in [-0.05, 0) is 35.2 Å². The van der Waals surface area contributed by atoms with Crippen molar-refractivity contribution in [3.8, 4) is 0 Å². The molecule has 0 spiro atoms. The van der Waals surface area contributed by atoms with E-state index in [9.17, 15) is 14.7 Å². The van der Waals surface area contributed by atoms with E-state index in [1.54, 1.807) is 18.2 Å². The molecule has 1 unspecified atom stereocenters. The Morgan fingerprint density at radius 3 is 2.41 bits per heavy atom. The third kappa shape index (κ3) is 5.17. The number of carbonyl (C=O) groups is 2. The molecule has 0 aliphatic carbocycles. The van der Waals surface area contributed by atoms with Gasteiger partial charge in [0.05, 0.1) is 6.54 Å². The molecule has 2 heterocycles. The van der Waals surface area contributed by atoms with Gasteiger partial charge in [0.25, 0.3) is 0 Å². The summed E-state index contributed by atoms with van der Waals surface area (Å²) in [7, 11) is 0. The lowest BCUT2D eigenvalue weighted by Crippen LogP contribution is -2.39. The van der Waals surface area contributed by atoms with E-state index in [1.165, 1.54) is 22.7 Å². The van der Waals surface area contributed by atoms with Crippen LogP contribution in [0.15, 0.2) is 53.9 Å². The van der Waals surface area contributed by atoms with Crippen molar-refractivity contribution >= 4 is 46.1 Å². The molecule has 2 aromatic heterocycles. The Labute approximate surface area is 169 Å². The predicted octanol–water partition coefficient (Wildman–Crippen LogP) is 3.48. The van der Waals surface area contributed by atoms with Crippen molar-refractivity contribution in [3.05, 3.63) is 79.1 Å². The van der Waals surface area contributed by atoms with Crippen LogP contribution >= 0.6 is 34.3 Å². The van der Waals surface area contributed by atoms with E-state index < -0.39 is 17.9 Å². The van der Waals surface area contributed by atoms with Gasteiger partial charge >= 0.3 is 11.8 Å². The minimum Gasteiger partial charge on any atom is -0.382 e. The zero-order valence-corrected chi connectivity index (χ0v) is 16.5.